The number of hydrogen-bond acceptors (Lipinski definition) is 6. The standard InChI is InChI=1S/C19H25N3O4/c1-6-19(18(25)26-5)14-13(16(23)22(4)17(14)24)15(20-19)11-7-9-12(10-8-11)21(2)3/h7-10,13-15,20H,6H2,1-5H3/t13-,14-,15-,19+/m1/s1. The molecule has 140 valence electrons. The smallest absolute Gasteiger partial charge is 0.326 e. The van der Waals surface area contributed by atoms with Gasteiger partial charge >= 0.3 is 5.97 Å². The number of hydrogen-bond donors (Lipinski definition) is 1. The van der Waals surface area contributed by atoms with Crippen LogP contribution in [0.2, 0.25) is 0 Å². The van der Waals surface area contributed by atoms with Gasteiger partial charge in [0.1, 0.15) is 5.54 Å². The molecule has 1 aromatic carbocycles. The zero-order valence-corrected chi connectivity index (χ0v) is 15.8. The monoisotopic (exact) mass is 359 g/mol. The largest absolute Gasteiger partial charge is 0.468 e. The number of methoxy groups -OCH3 is 1. The Labute approximate surface area is 153 Å². The Bertz CT molecular complexity index is 746. The summed E-state index contributed by atoms with van der Waals surface area (Å²) in [4.78, 5) is 41.3. The van der Waals surface area contributed by atoms with Gasteiger partial charge in [-0.1, -0.05) is 19.1 Å². The van der Waals surface area contributed by atoms with E-state index in [1.807, 2.05) is 50.2 Å². The molecule has 7 nitrogen and oxygen atoms in total. The first-order valence-electron chi connectivity index (χ1n) is 8.73. The van der Waals surface area contributed by atoms with E-state index in [4.69, 9.17) is 4.74 Å². The van der Waals surface area contributed by atoms with Gasteiger partial charge in [0.2, 0.25) is 11.8 Å². The molecule has 0 bridgehead atoms. The summed E-state index contributed by atoms with van der Waals surface area (Å²) in [6.45, 7) is 1.83. The van der Waals surface area contributed by atoms with Crippen molar-refractivity contribution in [1.29, 1.82) is 0 Å². The summed E-state index contributed by atoms with van der Waals surface area (Å²) in [6, 6.07) is 7.37. The van der Waals surface area contributed by atoms with Gasteiger partial charge < -0.3 is 9.64 Å². The van der Waals surface area contributed by atoms with E-state index in [0.29, 0.717) is 6.42 Å². The summed E-state index contributed by atoms with van der Waals surface area (Å²) >= 11 is 0. The van der Waals surface area contributed by atoms with Crippen LogP contribution in [-0.4, -0.2) is 56.5 Å². The van der Waals surface area contributed by atoms with Crippen molar-refractivity contribution in [2.24, 2.45) is 11.8 Å². The van der Waals surface area contributed by atoms with Gasteiger partial charge in [-0.15, -0.1) is 0 Å². The Morgan fingerprint density at radius 1 is 1.23 bits per heavy atom. The van der Waals surface area contributed by atoms with Gasteiger partial charge in [-0.25, -0.2) is 0 Å². The number of likely N-dealkylation sites (tertiary alicyclic amines) is 1. The summed E-state index contributed by atoms with van der Waals surface area (Å²) in [5.41, 5.74) is 0.715. The molecule has 0 saturated carbocycles. The number of nitrogens with one attached hydrogen (secondary N) is 1. The van der Waals surface area contributed by atoms with E-state index in [2.05, 4.69) is 5.32 Å². The maximum atomic E-state index is 12.8. The fraction of sp³-hybridized carbons (Fsp3) is 0.526. The number of carbonyl (C=O) groups is 3. The molecule has 2 heterocycles. The molecule has 0 unspecified atom stereocenters. The van der Waals surface area contributed by atoms with E-state index in [1.54, 1.807) is 0 Å². The molecule has 1 N–H and O–H groups in total. The van der Waals surface area contributed by atoms with Crippen LogP contribution in [0.15, 0.2) is 24.3 Å². The maximum Gasteiger partial charge on any atom is 0.326 e. The molecule has 0 aromatic heterocycles. The average Bonchev–Trinajstić information content (AvgIpc) is 3.11. The highest BCUT2D eigenvalue weighted by atomic mass is 16.5. The Morgan fingerprint density at radius 3 is 2.35 bits per heavy atom. The number of rotatable bonds is 4. The van der Waals surface area contributed by atoms with Crippen LogP contribution in [-0.2, 0) is 19.1 Å². The van der Waals surface area contributed by atoms with E-state index in [9.17, 15) is 14.4 Å². The Kier molecular flexibility index (Phi) is 4.52. The number of esters is 1. The predicted molar refractivity (Wildman–Crippen MR) is 96.4 cm³/mol. The topological polar surface area (TPSA) is 79.0 Å². The molecular formula is C19H25N3O4. The maximum absolute atomic E-state index is 12.8. The minimum atomic E-state index is -1.19. The van der Waals surface area contributed by atoms with Crippen molar-refractivity contribution in [1.82, 2.24) is 10.2 Å². The van der Waals surface area contributed by atoms with Crippen molar-refractivity contribution in [3.8, 4) is 0 Å². The van der Waals surface area contributed by atoms with Crippen molar-refractivity contribution in [3.05, 3.63) is 29.8 Å². The van der Waals surface area contributed by atoms with Crippen LogP contribution in [0.3, 0.4) is 0 Å². The van der Waals surface area contributed by atoms with Gasteiger partial charge in [-0.05, 0) is 24.1 Å². The van der Waals surface area contributed by atoms with Crippen LogP contribution < -0.4 is 10.2 Å². The van der Waals surface area contributed by atoms with E-state index in [0.717, 1.165) is 16.2 Å². The van der Waals surface area contributed by atoms with Crippen LogP contribution in [0, 0.1) is 11.8 Å². The van der Waals surface area contributed by atoms with Crippen molar-refractivity contribution < 1.29 is 19.1 Å². The fourth-order valence-electron chi connectivity index (χ4n) is 4.25. The molecule has 26 heavy (non-hydrogen) atoms. The third kappa shape index (κ3) is 2.41. The highest BCUT2D eigenvalue weighted by molar-refractivity contribution is 6.09. The van der Waals surface area contributed by atoms with Crippen LogP contribution in [0.4, 0.5) is 5.69 Å². The molecule has 2 fully saturated rings. The Balaban J connectivity index is 2.08. The van der Waals surface area contributed by atoms with E-state index >= 15 is 0 Å². The van der Waals surface area contributed by atoms with Crippen LogP contribution >= 0.6 is 0 Å². The highest BCUT2D eigenvalue weighted by Gasteiger charge is 2.67. The second-order valence-corrected chi connectivity index (χ2v) is 7.16. The number of benzene rings is 1. The van der Waals surface area contributed by atoms with Gasteiger partial charge in [0.25, 0.3) is 0 Å². The number of carbonyl (C=O) groups excluding carboxylic acids is 3. The Hall–Kier alpha value is -2.41. The Morgan fingerprint density at radius 2 is 1.85 bits per heavy atom. The third-order valence-corrected chi connectivity index (χ3v) is 5.75. The van der Waals surface area contributed by atoms with Crippen molar-refractivity contribution >= 4 is 23.5 Å². The van der Waals surface area contributed by atoms with Crippen molar-refractivity contribution in [2.45, 2.75) is 24.9 Å². The first-order valence-corrected chi connectivity index (χ1v) is 8.73. The highest BCUT2D eigenvalue weighted by Crippen LogP contribution is 2.50. The lowest BCUT2D eigenvalue weighted by molar-refractivity contribution is -0.154. The minimum absolute atomic E-state index is 0.256. The van der Waals surface area contributed by atoms with Crippen molar-refractivity contribution in [2.75, 3.05) is 33.2 Å². The number of anilines is 1. The van der Waals surface area contributed by atoms with Gasteiger partial charge in [0, 0.05) is 32.9 Å². The quantitative estimate of drug-likeness (QED) is 0.637. The zero-order chi connectivity index (χ0) is 19.2. The molecular weight excluding hydrogens is 334 g/mol. The molecule has 4 atom stereocenters. The lowest BCUT2D eigenvalue weighted by Crippen LogP contribution is -2.55. The molecule has 2 saturated heterocycles. The molecule has 2 amide bonds. The predicted octanol–water partition coefficient (Wildman–Crippen LogP) is 0.950. The van der Waals surface area contributed by atoms with Crippen molar-refractivity contribution in [3.63, 3.8) is 0 Å². The minimum Gasteiger partial charge on any atom is -0.468 e. The number of ether oxygens (including phenoxy) is 1. The zero-order valence-electron chi connectivity index (χ0n) is 15.8. The lowest BCUT2D eigenvalue weighted by atomic mass is 9.78. The number of imide groups is 1. The summed E-state index contributed by atoms with van der Waals surface area (Å²) < 4.78 is 5.00. The average molecular weight is 359 g/mol. The molecule has 1 aromatic rings. The van der Waals surface area contributed by atoms with Gasteiger partial charge in [0.15, 0.2) is 0 Å². The normalized spacial score (nSPS) is 30.5. The molecule has 3 rings (SSSR count). The van der Waals surface area contributed by atoms with Gasteiger partial charge in [-0.3, -0.25) is 24.6 Å². The second-order valence-electron chi connectivity index (χ2n) is 7.16. The molecule has 7 heteroatoms. The first-order chi connectivity index (χ1) is 12.3. The van der Waals surface area contributed by atoms with Gasteiger partial charge in [-0.2, -0.15) is 0 Å². The number of amides is 2. The molecule has 2 aliphatic rings. The summed E-state index contributed by atoms with van der Waals surface area (Å²) in [7, 11) is 6.69. The summed E-state index contributed by atoms with van der Waals surface area (Å²) in [5, 5.41) is 3.30. The second kappa shape index (κ2) is 6.39. The molecule has 0 aliphatic carbocycles. The molecule has 2 aliphatic heterocycles. The molecule has 0 radical (unpaired) electrons. The summed E-state index contributed by atoms with van der Waals surface area (Å²) in [6.07, 6.45) is 0.361. The molecule has 0 spiro atoms. The lowest BCUT2D eigenvalue weighted by Gasteiger charge is -2.30. The summed E-state index contributed by atoms with van der Waals surface area (Å²) in [5.74, 6) is -2.45. The van der Waals surface area contributed by atoms with Crippen LogP contribution in [0.25, 0.3) is 0 Å². The third-order valence-electron chi connectivity index (χ3n) is 5.75. The fourth-order valence-corrected chi connectivity index (χ4v) is 4.25. The number of nitrogens with zero attached hydrogens (tertiary/aromatic N) is 2. The van der Waals surface area contributed by atoms with E-state index < -0.39 is 29.4 Å². The SMILES string of the molecule is CC[C@]1(C(=O)OC)N[C@H](c2ccc(N(C)C)cc2)[C@@H]2C(=O)N(C)C(=O)[C@@H]21. The van der Waals surface area contributed by atoms with Gasteiger partial charge in [0.05, 0.1) is 18.9 Å². The van der Waals surface area contributed by atoms with E-state index in [-0.39, 0.29) is 11.8 Å². The van der Waals surface area contributed by atoms with Crippen LogP contribution in [0.1, 0.15) is 24.9 Å². The van der Waals surface area contributed by atoms with Crippen LogP contribution in [0.5, 0.6) is 0 Å². The van der Waals surface area contributed by atoms with E-state index in [1.165, 1.54) is 14.2 Å². The number of fused-ring (bicyclic) bond motifs is 1. The first kappa shape index (κ1) is 18.4.